The van der Waals surface area contributed by atoms with Crippen molar-refractivity contribution in [3.8, 4) is 6.07 Å². The van der Waals surface area contributed by atoms with Crippen molar-refractivity contribution in [3.63, 3.8) is 0 Å². The van der Waals surface area contributed by atoms with Crippen LogP contribution in [0.3, 0.4) is 0 Å². The van der Waals surface area contributed by atoms with Gasteiger partial charge in [-0.2, -0.15) is 5.26 Å². The topological polar surface area (TPSA) is 33.0 Å². The van der Waals surface area contributed by atoms with E-state index in [1.54, 1.807) is 0 Å². The van der Waals surface area contributed by atoms with Crippen molar-refractivity contribution in [2.45, 2.75) is 77.7 Å². The molecule has 2 fully saturated rings. The van der Waals surface area contributed by atoms with Crippen LogP contribution in [0.2, 0.25) is 0 Å². The van der Waals surface area contributed by atoms with Crippen LogP contribution >= 0.6 is 0 Å². The molecule has 2 aliphatic rings. The summed E-state index contributed by atoms with van der Waals surface area (Å²) in [5, 5.41) is 9.69. The maximum absolute atomic E-state index is 9.69. The van der Waals surface area contributed by atoms with Crippen LogP contribution in [0.15, 0.2) is 0 Å². The maximum Gasteiger partial charge on any atom is 0.0692 e. The summed E-state index contributed by atoms with van der Waals surface area (Å²) in [6.45, 7) is 5.32. The van der Waals surface area contributed by atoms with Gasteiger partial charge in [-0.3, -0.25) is 0 Å². The summed E-state index contributed by atoms with van der Waals surface area (Å²) in [6.07, 6.45) is 11.2. The number of ether oxygens (including phenoxy) is 1. The molecule has 0 bridgehead atoms. The van der Waals surface area contributed by atoms with Crippen molar-refractivity contribution in [1.82, 2.24) is 0 Å². The lowest BCUT2D eigenvalue weighted by Crippen LogP contribution is -2.43. The molecule has 2 aliphatic carbocycles. The monoisotopic (exact) mass is 263 g/mol. The van der Waals surface area contributed by atoms with Gasteiger partial charge in [-0.05, 0) is 50.4 Å². The van der Waals surface area contributed by atoms with Crippen molar-refractivity contribution in [1.29, 1.82) is 5.26 Å². The summed E-state index contributed by atoms with van der Waals surface area (Å²) < 4.78 is 6.05. The van der Waals surface area contributed by atoms with Crippen molar-refractivity contribution in [2.24, 2.45) is 17.3 Å². The zero-order valence-electron chi connectivity index (χ0n) is 12.7. The van der Waals surface area contributed by atoms with E-state index in [0.717, 1.165) is 31.8 Å². The fourth-order valence-corrected chi connectivity index (χ4v) is 4.28. The summed E-state index contributed by atoms with van der Waals surface area (Å²) in [4.78, 5) is 0. The number of hydrogen-bond acceptors (Lipinski definition) is 2. The van der Waals surface area contributed by atoms with E-state index in [0.29, 0.717) is 12.0 Å². The van der Waals surface area contributed by atoms with Crippen molar-refractivity contribution in [2.75, 3.05) is 6.61 Å². The lowest BCUT2D eigenvalue weighted by molar-refractivity contribution is -0.0472. The first-order valence-corrected chi connectivity index (χ1v) is 8.28. The van der Waals surface area contributed by atoms with Crippen LogP contribution in [0.25, 0.3) is 0 Å². The molecule has 0 aromatic heterocycles. The number of nitriles is 1. The van der Waals surface area contributed by atoms with Gasteiger partial charge in [-0.1, -0.05) is 33.1 Å². The van der Waals surface area contributed by atoms with Gasteiger partial charge >= 0.3 is 0 Å². The molecule has 2 saturated carbocycles. The molecule has 1 unspecified atom stereocenters. The quantitative estimate of drug-likeness (QED) is 0.674. The van der Waals surface area contributed by atoms with E-state index in [-0.39, 0.29) is 5.41 Å². The highest BCUT2D eigenvalue weighted by Crippen LogP contribution is 2.52. The summed E-state index contributed by atoms with van der Waals surface area (Å²) in [7, 11) is 0. The third-order valence-electron chi connectivity index (χ3n) is 5.56. The number of hydrogen-bond donors (Lipinski definition) is 0. The zero-order valence-corrected chi connectivity index (χ0v) is 12.7. The van der Waals surface area contributed by atoms with Crippen LogP contribution in [0.4, 0.5) is 0 Å². The first-order valence-electron chi connectivity index (χ1n) is 8.28. The predicted molar refractivity (Wildman–Crippen MR) is 77.7 cm³/mol. The second-order valence-corrected chi connectivity index (χ2v) is 6.54. The molecule has 0 saturated heterocycles. The summed E-state index contributed by atoms with van der Waals surface area (Å²) in [6, 6.07) is 2.70. The highest BCUT2D eigenvalue weighted by molar-refractivity contribution is 5.08. The third-order valence-corrected chi connectivity index (χ3v) is 5.56. The zero-order chi connectivity index (χ0) is 13.7. The molecule has 2 nitrogen and oxygen atoms in total. The minimum atomic E-state index is -0.0459. The number of unbranched alkanes of at least 4 members (excludes halogenated alkanes) is 1. The Labute approximate surface area is 118 Å². The molecular weight excluding hydrogens is 234 g/mol. The highest BCUT2D eigenvalue weighted by Gasteiger charge is 2.47. The van der Waals surface area contributed by atoms with Gasteiger partial charge in [-0.25, -0.2) is 0 Å². The summed E-state index contributed by atoms with van der Waals surface area (Å²) in [5.74, 6) is 1.39. The van der Waals surface area contributed by atoms with E-state index >= 15 is 0 Å². The molecule has 19 heavy (non-hydrogen) atoms. The Morgan fingerprint density at radius 1 is 1.26 bits per heavy atom. The second-order valence-electron chi connectivity index (χ2n) is 6.54. The molecule has 0 radical (unpaired) electrons. The Bertz CT molecular complexity index is 320. The van der Waals surface area contributed by atoms with E-state index in [1.807, 2.05) is 0 Å². The van der Waals surface area contributed by atoms with Gasteiger partial charge in [0.05, 0.1) is 17.6 Å². The Hall–Kier alpha value is -0.550. The molecule has 2 heteroatoms. The van der Waals surface area contributed by atoms with Crippen LogP contribution in [0, 0.1) is 28.6 Å². The van der Waals surface area contributed by atoms with Gasteiger partial charge in [0, 0.05) is 6.61 Å². The first-order chi connectivity index (χ1) is 9.25. The SMILES string of the molecule is CCCCO[C@@H]1CC[C@@H]2CCCC(C#N)(CC)[C@@H]2C1. The van der Waals surface area contributed by atoms with Crippen molar-refractivity contribution < 1.29 is 4.74 Å². The largest absolute Gasteiger partial charge is 0.378 e. The molecule has 0 spiro atoms. The average molecular weight is 263 g/mol. The first kappa shape index (κ1) is 14.9. The summed E-state index contributed by atoms with van der Waals surface area (Å²) >= 11 is 0. The van der Waals surface area contributed by atoms with Crippen molar-refractivity contribution >= 4 is 0 Å². The van der Waals surface area contributed by atoms with E-state index < -0.39 is 0 Å². The fourth-order valence-electron chi connectivity index (χ4n) is 4.28. The number of fused-ring (bicyclic) bond motifs is 1. The normalized spacial score (nSPS) is 38.5. The minimum Gasteiger partial charge on any atom is -0.378 e. The molecule has 2 rings (SSSR count). The lowest BCUT2D eigenvalue weighted by atomic mass is 9.56. The van der Waals surface area contributed by atoms with E-state index in [2.05, 4.69) is 19.9 Å². The van der Waals surface area contributed by atoms with Crippen LogP contribution in [-0.2, 0) is 4.74 Å². The van der Waals surface area contributed by atoms with E-state index in [1.165, 1.54) is 38.5 Å². The standard InChI is InChI=1S/C17H29NO/c1-3-5-11-19-15-9-8-14-7-6-10-17(4-2,13-18)16(14)12-15/h14-16H,3-12H2,1-2H3/t14-,15+,16+,17?/m0/s1. The van der Waals surface area contributed by atoms with Gasteiger partial charge < -0.3 is 4.74 Å². The van der Waals surface area contributed by atoms with Crippen molar-refractivity contribution in [3.05, 3.63) is 0 Å². The minimum absolute atomic E-state index is 0.0459. The Kier molecular flexibility index (Phi) is 5.28. The molecular formula is C17H29NO. The van der Waals surface area contributed by atoms with Gasteiger partial charge in [0.15, 0.2) is 0 Å². The second kappa shape index (κ2) is 6.75. The fraction of sp³-hybridized carbons (Fsp3) is 0.941. The predicted octanol–water partition coefficient (Wildman–Crippen LogP) is 4.69. The van der Waals surface area contributed by atoms with Crippen LogP contribution in [0.5, 0.6) is 0 Å². The number of rotatable bonds is 5. The van der Waals surface area contributed by atoms with Crippen LogP contribution in [0.1, 0.15) is 71.6 Å². The van der Waals surface area contributed by atoms with Gasteiger partial charge in [0.1, 0.15) is 0 Å². The third kappa shape index (κ3) is 3.14. The lowest BCUT2D eigenvalue weighted by Gasteiger charge is -2.48. The highest BCUT2D eigenvalue weighted by atomic mass is 16.5. The van der Waals surface area contributed by atoms with Crippen LogP contribution < -0.4 is 0 Å². The molecule has 4 atom stereocenters. The molecule has 0 aromatic carbocycles. The van der Waals surface area contributed by atoms with Gasteiger partial charge in [-0.15, -0.1) is 0 Å². The Balaban J connectivity index is 1.99. The number of nitrogens with zero attached hydrogens (tertiary/aromatic N) is 1. The molecule has 0 aliphatic heterocycles. The van der Waals surface area contributed by atoms with E-state index in [4.69, 9.17) is 4.74 Å². The molecule has 108 valence electrons. The summed E-state index contributed by atoms with van der Waals surface area (Å²) in [5.41, 5.74) is -0.0459. The molecule has 0 aromatic rings. The Morgan fingerprint density at radius 3 is 2.79 bits per heavy atom. The van der Waals surface area contributed by atoms with E-state index in [9.17, 15) is 5.26 Å². The van der Waals surface area contributed by atoms with Gasteiger partial charge in [0.25, 0.3) is 0 Å². The van der Waals surface area contributed by atoms with Crippen LogP contribution in [-0.4, -0.2) is 12.7 Å². The smallest absolute Gasteiger partial charge is 0.0692 e. The van der Waals surface area contributed by atoms with Gasteiger partial charge in [0.2, 0.25) is 0 Å². The average Bonchev–Trinajstić information content (AvgIpc) is 2.47. The molecule has 0 amide bonds. The Morgan fingerprint density at radius 2 is 2.11 bits per heavy atom. The molecule has 0 heterocycles. The molecule has 0 N–H and O–H groups in total. The maximum atomic E-state index is 9.69.